The molecule has 0 aromatic heterocycles. The fourth-order valence-electron chi connectivity index (χ4n) is 3.83. The lowest BCUT2D eigenvalue weighted by molar-refractivity contribution is 0.185. The summed E-state index contributed by atoms with van der Waals surface area (Å²) in [5, 5.41) is 3.50. The van der Waals surface area contributed by atoms with E-state index >= 15 is 0 Å². The van der Waals surface area contributed by atoms with E-state index in [2.05, 4.69) is 41.4 Å². The number of likely N-dealkylation sites (tertiary alicyclic amines) is 1. The van der Waals surface area contributed by atoms with Gasteiger partial charge in [-0.25, -0.2) is 0 Å². The lowest BCUT2D eigenvalue weighted by Crippen LogP contribution is -2.32. The lowest BCUT2D eigenvalue weighted by Gasteiger charge is -2.30. The molecule has 1 heterocycles. The second-order valence-corrected chi connectivity index (χ2v) is 7.91. The molecule has 0 unspecified atom stereocenters. The number of methoxy groups -OCH3 is 3. The van der Waals surface area contributed by atoms with E-state index in [0.717, 1.165) is 31.1 Å². The number of hydrogen-bond donors (Lipinski definition) is 1. The Hall–Kier alpha value is -2.24. The molecule has 2 aromatic rings. The van der Waals surface area contributed by atoms with E-state index in [0.29, 0.717) is 17.2 Å². The molecular weight excluding hydrogens is 364 g/mol. The number of nitrogens with zero attached hydrogens (tertiary/aromatic N) is 1. The van der Waals surface area contributed by atoms with Crippen LogP contribution in [0, 0.1) is 5.92 Å². The van der Waals surface area contributed by atoms with Gasteiger partial charge in [0, 0.05) is 19.6 Å². The summed E-state index contributed by atoms with van der Waals surface area (Å²) in [6.07, 6.45) is 2.64. The fraction of sp³-hybridized carbons (Fsp3) is 0.500. The summed E-state index contributed by atoms with van der Waals surface area (Å²) in [4.78, 5) is 2.57. The van der Waals surface area contributed by atoms with Crippen LogP contribution in [-0.4, -0.2) is 39.3 Å². The normalized spacial score (nSPS) is 15.3. The molecule has 0 spiro atoms. The van der Waals surface area contributed by atoms with Crippen LogP contribution in [0.1, 0.15) is 36.5 Å². The Labute approximate surface area is 175 Å². The van der Waals surface area contributed by atoms with Gasteiger partial charge in [0.1, 0.15) is 0 Å². The predicted molar refractivity (Wildman–Crippen MR) is 117 cm³/mol. The van der Waals surface area contributed by atoms with Gasteiger partial charge >= 0.3 is 0 Å². The first-order valence-corrected chi connectivity index (χ1v) is 10.4. The zero-order chi connectivity index (χ0) is 20.6. The van der Waals surface area contributed by atoms with E-state index in [1.165, 1.54) is 37.1 Å². The minimum atomic E-state index is 0.623. The molecule has 1 fully saturated rings. The van der Waals surface area contributed by atoms with Gasteiger partial charge in [-0.2, -0.15) is 0 Å². The molecule has 1 saturated heterocycles. The first-order chi connectivity index (χ1) is 14.1. The SMILES string of the molecule is COc1cc(CNCc2ccc(CN3CCC(C)CC3)cc2)cc(OC)c1OC. The summed E-state index contributed by atoms with van der Waals surface area (Å²) < 4.78 is 16.2. The average Bonchev–Trinajstić information content (AvgIpc) is 2.75. The minimum absolute atomic E-state index is 0.623. The molecule has 0 aliphatic carbocycles. The molecule has 1 N–H and O–H groups in total. The lowest BCUT2D eigenvalue weighted by atomic mass is 9.99. The van der Waals surface area contributed by atoms with Crippen molar-refractivity contribution in [3.05, 3.63) is 53.1 Å². The van der Waals surface area contributed by atoms with E-state index < -0.39 is 0 Å². The maximum atomic E-state index is 5.43. The highest BCUT2D eigenvalue weighted by Crippen LogP contribution is 2.38. The molecule has 3 rings (SSSR count). The topological polar surface area (TPSA) is 43.0 Å². The zero-order valence-electron chi connectivity index (χ0n) is 18.2. The van der Waals surface area contributed by atoms with Crippen molar-refractivity contribution in [1.82, 2.24) is 10.2 Å². The molecule has 158 valence electrons. The van der Waals surface area contributed by atoms with E-state index in [-0.39, 0.29) is 0 Å². The van der Waals surface area contributed by atoms with Crippen molar-refractivity contribution in [2.24, 2.45) is 5.92 Å². The van der Waals surface area contributed by atoms with Crippen molar-refractivity contribution in [1.29, 1.82) is 0 Å². The summed E-state index contributed by atoms with van der Waals surface area (Å²) in [5.74, 6) is 2.86. The van der Waals surface area contributed by atoms with Gasteiger partial charge in [0.25, 0.3) is 0 Å². The maximum absolute atomic E-state index is 5.43. The molecule has 5 heteroatoms. The van der Waals surface area contributed by atoms with Crippen LogP contribution in [0.5, 0.6) is 17.2 Å². The molecule has 0 saturated carbocycles. The highest BCUT2D eigenvalue weighted by Gasteiger charge is 2.15. The Balaban J connectivity index is 1.51. The van der Waals surface area contributed by atoms with Gasteiger partial charge in [0.15, 0.2) is 11.5 Å². The highest BCUT2D eigenvalue weighted by molar-refractivity contribution is 5.53. The minimum Gasteiger partial charge on any atom is -0.493 e. The van der Waals surface area contributed by atoms with Crippen molar-refractivity contribution in [3.63, 3.8) is 0 Å². The van der Waals surface area contributed by atoms with Gasteiger partial charge in [-0.1, -0.05) is 31.2 Å². The summed E-state index contributed by atoms with van der Waals surface area (Å²) in [6, 6.07) is 12.9. The van der Waals surface area contributed by atoms with Crippen molar-refractivity contribution >= 4 is 0 Å². The molecule has 1 aliphatic heterocycles. The van der Waals surface area contributed by atoms with Crippen LogP contribution in [0.15, 0.2) is 36.4 Å². The molecule has 0 bridgehead atoms. The largest absolute Gasteiger partial charge is 0.493 e. The summed E-state index contributed by atoms with van der Waals surface area (Å²) in [6.45, 7) is 7.41. The van der Waals surface area contributed by atoms with Gasteiger partial charge in [0.05, 0.1) is 21.3 Å². The van der Waals surface area contributed by atoms with E-state index in [9.17, 15) is 0 Å². The quantitative estimate of drug-likeness (QED) is 0.685. The third kappa shape index (κ3) is 5.87. The molecule has 29 heavy (non-hydrogen) atoms. The number of nitrogens with one attached hydrogen (secondary N) is 1. The molecule has 2 aromatic carbocycles. The van der Waals surface area contributed by atoms with Crippen LogP contribution in [0.2, 0.25) is 0 Å². The number of ether oxygens (including phenoxy) is 3. The molecule has 0 atom stereocenters. The van der Waals surface area contributed by atoms with Crippen LogP contribution in [0.25, 0.3) is 0 Å². The van der Waals surface area contributed by atoms with Gasteiger partial charge < -0.3 is 19.5 Å². The molecule has 0 radical (unpaired) electrons. The Kier molecular flexibility index (Phi) is 7.78. The first-order valence-electron chi connectivity index (χ1n) is 10.4. The molecule has 5 nitrogen and oxygen atoms in total. The summed E-state index contributed by atoms with van der Waals surface area (Å²) in [5.41, 5.74) is 3.77. The number of rotatable bonds is 9. The first kappa shape index (κ1) is 21.5. The smallest absolute Gasteiger partial charge is 0.203 e. The van der Waals surface area contributed by atoms with E-state index in [1.807, 2.05) is 12.1 Å². The molecular formula is C24H34N2O3. The van der Waals surface area contributed by atoms with Crippen LogP contribution < -0.4 is 19.5 Å². The predicted octanol–water partition coefficient (Wildman–Crippen LogP) is 4.23. The van der Waals surface area contributed by atoms with E-state index in [1.54, 1.807) is 21.3 Å². The molecule has 0 amide bonds. The van der Waals surface area contributed by atoms with Crippen molar-refractivity contribution < 1.29 is 14.2 Å². The van der Waals surface area contributed by atoms with Crippen LogP contribution in [0.3, 0.4) is 0 Å². The van der Waals surface area contributed by atoms with Crippen molar-refractivity contribution in [3.8, 4) is 17.2 Å². The van der Waals surface area contributed by atoms with Gasteiger partial charge in [-0.05, 0) is 60.7 Å². The Morgan fingerprint density at radius 2 is 1.38 bits per heavy atom. The number of piperidine rings is 1. The average molecular weight is 399 g/mol. The molecule has 1 aliphatic rings. The second-order valence-electron chi connectivity index (χ2n) is 7.91. The highest BCUT2D eigenvalue weighted by atomic mass is 16.5. The maximum Gasteiger partial charge on any atom is 0.203 e. The summed E-state index contributed by atoms with van der Waals surface area (Å²) >= 11 is 0. The van der Waals surface area contributed by atoms with Crippen LogP contribution in [0.4, 0.5) is 0 Å². The third-order valence-electron chi connectivity index (χ3n) is 5.69. The Morgan fingerprint density at radius 1 is 0.828 bits per heavy atom. The number of hydrogen-bond acceptors (Lipinski definition) is 5. The standard InChI is InChI=1S/C24H34N2O3/c1-18-9-11-26(12-10-18)17-20-7-5-19(6-8-20)15-25-16-21-13-22(27-2)24(29-4)23(14-21)28-3/h5-8,13-14,18,25H,9-12,15-17H2,1-4H3. The number of benzene rings is 2. The second kappa shape index (κ2) is 10.5. The fourth-order valence-corrected chi connectivity index (χ4v) is 3.83. The summed E-state index contributed by atoms with van der Waals surface area (Å²) in [7, 11) is 4.90. The van der Waals surface area contributed by atoms with Gasteiger partial charge in [-0.15, -0.1) is 0 Å². The van der Waals surface area contributed by atoms with Crippen molar-refractivity contribution in [2.45, 2.75) is 39.4 Å². The van der Waals surface area contributed by atoms with Gasteiger partial charge in [0.2, 0.25) is 5.75 Å². The van der Waals surface area contributed by atoms with Gasteiger partial charge in [-0.3, -0.25) is 4.90 Å². The van der Waals surface area contributed by atoms with Crippen LogP contribution >= 0.6 is 0 Å². The Bertz CT molecular complexity index is 743. The van der Waals surface area contributed by atoms with Crippen molar-refractivity contribution in [2.75, 3.05) is 34.4 Å². The monoisotopic (exact) mass is 398 g/mol. The third-order valence-corrected chi connectivity index (χ3v) is 5.69. The van der Waals surface area contributed by atoms with E-state index in [4.69, 9.17) is 14.2 Å². The zero-order valence-corrected chi connectivity index (χ0v) is 18.2. The van der Waals surface area contributed by atoms with Crippen LogP contribution in [-0.2, 0) is 19.6 Å². The Morgan fingerprint density at radius 3 is 1.93 bits per heavy atom.